The number of thioether (sulfide) groups is 1. The molecule has 3 aliphatic rings. The molecule has 3 amide bonds. The molecule has 1 spiro atoms. The number of likely N-dealkylation sites (tertiary alicyclic amines) is 1. The Hall–Kier alpha value is -2.56. The standard InChI is InChI=1S/C27H30BrN3O5S/c1-2-36-18-10-8-17(9-11-18)30-24(33)20-21-26(35)31(12-13-32)23(27(21)14-19(28)22(20)37-27)25(34)29-15-16-6-4-3-5-7-16/h3-11,19-23,32H,2,12-15H2,1H3,(H,29,34)(H,30,33)/t19?,20-,21-,22-,23?,27?/m0/s1. The number of β-amino-alcohol motifs (C(OH)–C–C–N with tert-alkyl or cyclic N) is 1. The van der Waals surface area contributed by atoms with E-state index in [0.29, 0.717) is 31.0 Å². The number of nitrogens with zero attached hydrogens (tertiary/aromatic N) is 1. The van der Waals surface area contributed by atoms with Gasteiger partial charge in [-0.3, -0.25) is 14.4 Å². The third-order valence-electron chi connectivity index (χ3n) is 7.42. The first kappa shape index (κ1) is 26.1. The lowest BCUT2D eigenvalue weighted by Crippen LogP contribution is -2.54. The molecule has 2 bridgehead atoms. The number of amides is 3. The Balaban J connectivity index is 1.40. The van der Waals surface area contributed by atoms with Gasteiger partial charge in [-0.15, -0.1) is 11.8 Å². The van der Waals surface area contributed by atoms with Crippen molar-refractivity contribution < 1.29 is 24.2 Å². The Labute approximate surface area is 228 Å². The summed E-state index contributed by atoms with van der Waals surface area (Å²) in [6, 6.07) is 16.0. The van der Waals surface area contributed by atoms with E-state index in [1.54, 1.807) is 36.0 Å². The van der Waals surface area contributed by atoms with Crippen LogP contribution in [0.5, 0.6) is 5.75 Å². The predicted octanol–water partition coefficient (Wildman–Crippen LogP) is 2.80. The molecule has 10 heteroatoms. The average Bonchev–Trinajstić information content (AvgIpc) is 3.48. The number of nitrogens with one attached hydrogen (secondary N) is 2. The summed E-state index contributed by atoms with van der Waals surface area (Å²) in [6.45, 7) is 2.59. The molecular formula is C27H30BrN3O5S. The molecule has 196 valence electrons. The topological polar surface area (TPSA) is 108 Å². The molecule has 37 heavy (non-hydrogen) atoms. The summed E-state index contributed by atoms with van der Waals surface area (Å²) in [5.41, 5.74) is 1.58. The van der Waals surface area contributed by atoms with Crippen molar-refractivity contribution in [2.45, 2.75) is 40.8 Å². The molecule has 3 fully saturated rings. The average molecular weight is 589 g/mol. The highest BCUT2D eigenvalue weighted by Crippen LogP contribution is 2.67. The number of carbonyl (C=O) groups excluding carboxylic acids is 3. The lowest BCUT2D eigenvalue weighted by atomic mass is 9.70. The Morgan fingerprint density at radius 2 is 1.89 bits per heavy atom. The number of hydrogen-bond donors (Lipinski definition) is 3. The largest absolute Gasteiger partial charge is 0.494 e. The van der Waals surface area contributed by atoms with Gasteiger partial charge in [0, 0.05) is 28.9 Å². The summed E-state index contributed by atoms with van der Waals surface area (Å²) < 4.78 is 4.73. The number of benzene rings is 2. The van der Waals surface area contributed by atoms with Crippen LogP contribution in [0.2, 0.25) is 0 Å². The normalized spacial score (nSPS) is 29.8. The number of anilines is 1. The number of ether oxygens (including phenoxy) is 1. The molecule has 2 aromatic carbocycles. The Kier molecular flexibility index (Phi) is 7.51. The number of aliphatic hydroxyl groups is 1. The first-order valence-electron chi connectivity index (χ1n) is 12.5. The maximum atomic E-state index is 13.8. The minimum Gasteiger partial charge on any atom is -0.494 e. The molecular weight excluding hydrogens is 558 g/mol. The number of rotatable bonds is 9. The van der Waals surface area contributed by atoms with Gasteiger partial charge in [-0.2, -0.15) is 0 Å². The van der Waals surface area contributed by atoms with Crippen LogP contribution in [0.15, 0.2) is 54.6 Å². The highest BCUT2D eigenvalue weighted by Gasteiger charge is 2.75. The Bertz CT molecular complexity index is 1170. The molecule has 6 atom stereocenters. The second-order valence-corrected chi connectivity index (χ2v) is 12.3. The number of fused-ring (bicyclic) bond motifs is 1. The number of aliphatic hydroxyl groups excluding tert-OH is 1. The predicted molar refractivity (Wildman–Crippen MR) is 146 cm³/mol. The van der Waals surface area contributed by atoms with Crippen LogP contribution in [0.25, 0.3) is 0 Å². The molecule has 3 aliphatic heterocycles. The van der Waals surface area contributed by atoms with Crippen molar-refractivity contribution in [3.05, 3.63) is 60.2 Å². The lowest BCUT2D eigenvalue weighted by Gasteiger charge is -2.35. The van der Waals surface area contributed by atoms with Crippen molar-refractivity contribution in [3.63, 3.8) is 0 Å². The first-order valence-corrected chi connectivity index (χ1v) is 14.3. The number of hydrogen-bond acceptors (Lipinski definition) is 6. The van der Waals surface area contributed by atoms with Crippen molar-refractivity contribution in [2.75, 3.05) is 25.1 Å². The molecule has 0 aromatic heterocycles. The summed E-state index contributed by atoms with van der Waals surface area (Å²) in [7, 11) is 0. The molecule has 5 rings (SSSR count). The third kappa shape index (κ3) is 4.64. The van der Waals surface area contributed by atoms with Gasteiger partial charge in [0.2, 0.25) is 17.7 Å². The number of halogens is 1. The van der Waals surface area contributed by atoms with Crippen LogP contribution in [-0.4, -0.2) is 68.4 Å². The summed E-state index contributed by atoms with van der Waals surface area (Å²) in [6.07, 6.45) is 0.594. The van der Waals surface area contributed by atoms with E-state index in [1.165, 1.54) is 4.90 Å². The monoisotopic (exact) mass is 587 g/mol. The molecule has 0 aliphatic carbocycles. The lowest BCUT2D eigenvalue weighted by molar-refractivity contribution is -0.139. The molecule has 0 saturated carbocycles. The van der Waals surface area contributed by atoms with Crippen LogP contribution in [-0.2, 0) is 20.9 Å². The van der Waals surface area contributed by atoms with Gasteiger partial charge in [0.1, 0.15) is 11.8 Å². The van der Waals surface area contributed by atoms with Gasteiger partial charge in [0.25, 0.3) is 0 Å². The third-order valence-corrected chi connectivity index (χ3v) is 10.6. The van der Waals surface area contributed by atoms with Crippen LogP contribution in [0.1, 0.15) is 18.9 Å². The molecule has 3 unspecified atom stereocenters. The van der Waals surface area contributed by atoms with Crippen molar-refractivity contribution >= 4 is 51.1 Å². The van der Waals surface area contributed by atoms with E-state index < -0.39 is 22.6 Å². The zero-order chi connectivity index (χ0) is 26.2. The fourth-order valence-electron chi connectivity index (χ4n) is 5.99. The zero-order valence-corrected chi connectivity index (χ0v) is 22.8. The van der Waals surface area contributed by atoms with Gasteiger partial charge in [0.05, 0.1) is 29.8 Å². The second-order valence-electron chi connectivity index (χ2n) is 9.57. The van der Waals surface area contributed by atoms with E-state index in [9.17, 15) is 19.5 Å². The Morgan fingerprint density at radius 3 is 2.57 bits per heavy atom. The Morgan fingerprint density at radius 1 is 1.16 bits per heavy atom. The van der Waals surface area contributed by atoms with Gasteiger partial charge in [-0.1, -0.05) is 46.3 Å². The number of carbonyl (C=O) groups is 3. The van der Waals surface area contributed by atoms with Gasteiger partial charge in [-0.25, -0.2) is 0 Å². The highest BCUT2D eigenvalue weighted by molar-refractivity contribution is 9.09. The summed E-state index contributed by atoms with van der Waals surface area (Å²) in [5, 5.41) is 15.6. The van der Waals surface area contributed by atoms with Crippen LogP contribution in [0.4, 0.5) is 5.69 Å². The summed E-state index contributed by atoms with van der Waals surface area (Å²) >= 11 is 5.32. The van der Waals surface area contributed by atoms with Crippen LogP contribution >= 0.6 is 27.7 Å². The van der Waals surface area contributed by atoms with E-state index in [1.807, 2.05) is 37.3 Å². The first-order chi connectivity index (χ1) is 17.9. The smallest absolute Gasteiger partial charge is 0.244 e. The van der Waals surface area contributed by atoms with E-state index in [-0.39, 0.29) is 41.0 Å². The maximum Gasteiger partial charge on any atom is 0.244 e. The quantitative estimate of drug-likeness (QED) is 0.389. The number of alkyl halides is 1. The molecule has 3 saturated heterocycles. The fourth-order valence-corrected chi connectivity index (χ4v) is 9.60. The van der Waals surface area contributed by atoms with Crippen molar-refractivity contribution in [1.29, 1.82) is 0 Å². The van der Waals surface area contributed by atoms with Crippen molar-refractivity contribution in [1.82, 2.24) is 10.2 Å². The minimum atomic E-state index is -0.765. The van der Waals surface area contributed by atoms with Gasteiger partial charge < -0.3 is 25.4 Å². The van der Waals surface area contributed by atoms with Crippen LogP contribution in [0.3, 0.4) is 0 Å². The van der Waals surface area contributed by atoms with Crippen LogP contribution < -0.4 is 15.4 Å². The van der Waals surface area contributed by atoms with Crippen molar-refractivity contribution in [2.24, 2.45) is 11.8 Å². The molecule has 2 aromatic rings. The summed E-state index contributed by atoms with van der Waals surface area (Å²) in [4.78, 5) is 42.4. The van der Waals surface area contributed by atoms with Gasteiger partial charge in [0.15, 0.2) is 0 Å². The zero-order valence-electron chi connectivity index (χ0n) is 20.4. The SMILES string of the molecule is CCOc1ccc(NC(=O)[C@H]2[C@H]3C(=O)N(CCO)C(C(=O)NCc4ccccc4)C34CC(Br)[C@@H]2S4)cc1. The fraction of sp³-hybridized carbons (Fsp3) is 0.444. The molecule has 8 nitrogen and oxygen atoms in total. The van der Waals surface area contributed by atoms with Crippen molar-refractivity contribution in [3.8, 4) is 5.75 Å². The van der Waals surface area contributed by atoms with E-state index in [2.05, 4.69) is 26.6 Å². The van der Waals surface area contributed by atoms with E-state index >= 15 is 0 Å². The molecule has 3 N–H and O–H groups in total. The van der Waals surface area contributed by atoms with E-state index in [0.717, 1.165) is 5.56 Å². The maximum absolute atomic E-state index is 13.8. The second kappa shape index (κ2) is 10.7. The molecule has 0 radical (unpaired) electrons. The van der Waals surface area contributed by atoms with E-state index in [4.69, 9.17) is 4.74 Å². The van der Waals surface area contributed by atoms with Gasteiger partial charge in [-0.05, 0) is 43.2 Å². The minimum absolute atomic E-state index is 0.0175. The summed E-state index contributed by atoms with van der Waals surface area (Å²) in [5.74, 6) is -1.26. The van der Waals surface area contributed by atoms with Gasteiger partial charge >= 0.3 is 0 Å². The highest BCUT2D eigenvalue weighted by atomic mass is 79.9. The van der Waals surface area contributed by atoms with Crippen LogP contribution in [0, 0.1) is 11.8 Å². The molecule has 3 heterocycles.